The molecule has 31 heavy (non-hydrogen) atoms. The van der Waals surface area contributed by atoms with E-state index in [1.807, 2.05) is 0 Å². The van der Waals surface area contributed by atoms with E-state index in [4.69, 9.17) is 17.3 Å². The first-order chi connectivity index (χ1) is 14.8. The Morgan fingerprint density at radius 3 is 2.87 bits per heavy atom. The average molecular weight is 467 g/mol. The molecule has 0 bridgehead atoms. The fourth-order valence-corrected chi connectivity index (χ4v) is 5.87. The average Bonchev–Trinajstić information content (AvgIpc) is 3.48. The standard InChI is InChI=1S/C21H21ClF2N4O2S/c22-12-2-5-16(26-10-12)18(30)27-13-3-4-15(24)14(8-13)21(11-23)17-9-20(17,6-1-7-29)31-19(25)28-21/h2-5,8,10,17,29H,1,6-7,9,11H2,(H2,25,28)(H,27,30)/t17?,20-,21+/m0/s1. The zero-order valence-corrected chi connectivity index (χ0v) is 18.0. The van der Waals surface area contributed by atoms with E-state index in [9.17, 15) is 18.7 Å². The van der Waals surface area contributed by atoms with Crippen LogP contribution in [0.3, 0.4) is 0 Å². The van der Waals surface area contributed by atoms with Crippen molar-refractivity contribution in [2.45, 2.75) is 29.5 Å². The first-order valence-electron chi connectivity index (χ1n) is 9.78. The minimum absolute atomic E-state index is 0.0172. The van der Waals surface area contributed by atoms with Crippen molar-refractivity contribution in [2.24, 2.45) is 16.6 Å². The number of aliphatic hydroxyl groups excluding tert-OH is 1. The molecule has 1 unspecified atom stereocenters. The fourth-order valence-electron chi connectivity index (χ4n) is 4.30. The summed E-state index contributed by atoms with van der Waals surface area (Å²) in [7, 11) is 0. The van der Waals surface area contributed by atoms with E-state index < -0.39 is 23.9 Å². The molecule has 1 aromatic carbocycles. The highest BCUT2D eigenvalue weighted by Gasteiger charge is 2.67. The number of hydrogen-bond acceptors (Lipinski definition) is 6. The fraction of sp³-hybridized carbons (Fsp3) is 0.381. The summed E-state index contributed by atoms with van der Waals surface area (Å²) in [4.78, 5) is 20.8. The third kappa shape index (κ3) is 4.02. The SMILES string of the molecule is NC1=N[C@](CF)(c2cc(NC(=O)c3ccc(Cl)cn3)ccc2F)C2C[C@]2(CCCO)S1. The lowest BCUT2D eigenvalue weighted by Gasteiger charge is -2.35. The predicted molar refractivity (Wildman–Crippen MR) is 118 cm³/mol. The molecule has 3 atom stereocenters. The summed E-state index contributed by atoms with van der Waals surface area (Å²) >= 11 is 7.17. The molecule has 2 heterocycles. The second-order valence-corrected chi connectivity index (χ2v) is 9.64. The lowest BCUT2D eigenvalue weighted by Crippen LogP contribution is -2.40. The maximum Gasteiger partial charge on any atom is 0.274 e. The second kappa shape index (κ2) is 8.37. The van der Waals surface area contributed by atoms with Crippen molar-refractivity contribution < 1.29 is 18.7 Å². The molecule has 1 amide bonds. The highest BCUT2D eigenvalue weighted by atomic mass is 35.5. The Morgan fingerprint density at radius 1 is 1.39 bits per heavy atom. The molecule has 1 fully saturated rings. The van der Waals surface area contributed by atoms with E-state index in [1.54, 1.807) is 0 Å². The number of alkyl halides is 1. The quantitative estimate of drug-likeness (QED) is 0.575. The number of aromatic nitrogens is 1. The summed E-state index contributed by atoms with van der Waals surface area (Å²) in [5.74, 6) is -1.38. The van der Waals surface area contributed by atoms with Crippen LogP contribution in [0.15, 0.2) is 41.5 Å². The number of amidine groups is 1. The van der Waals surface area contributed by atoms with Crippen molar-refractivity contribution in [1.82, 2.24) is 4.98 Å². The second-order valence-electron chi connectivity index (χ2n) is 7.77. The third-order valence-corrected chi connectivity index (χ3v) is 7.42. The van der Waals surface area contributed by atoms with Gasteiger partial charge < -0.3 is 16.2 Å². The zero-order chi connectivity index (χ0) is 22.2. The minimum atomic E-state index is -1.46. The number of nitrogens with zero attached hydrogens (tertiary/aromatic N) is 2. The highest BCUT2D eigenvalue weighted by molar-refractivity contribution is 8.15. The van der Waals surface area contributed by atoms with E-state index >= 15 is 0 Å². The summed E-state index contributed by atoms with van der Waals surface area (Å²) in [6.07, 6.45) is 3.15. The van der Waals surface area contributed by atoms with Gasteiger partial charge in [0.05, 0.1) is 5.02 Å². The van der Waals surface area contributed by atoms with Crippen LogP contribution in [0.4, 0.5) is 14.5 Å². The number of aliphatic hydroxyl groups is 1. The number of aliphatic imine (C=N–C) groups is 1. The molecule has 1 aromatic heterocycles. The number of benzene rings is 1. The molecule has 10 heteroatoms. The first-order valence-corrected chi connectivity index (χ1v) is 11.0. The van der Waals surface area contributed by atoms with Crippen LogP contribution < -0.4 is 11.1 Å². The summed E-state index contributed by atoms with van der Waals surface area (Å²) in [5, 5.41) is 12.5. The molecular weight excluding hydrogens is 446 g/mol. The summed E-state index contributed by atoms with van der Waals surface area (Å²) in [5.41, 5.74) is 5.04. The highest BCUT2D eigenvalue weighted by Crippen LogP contribution is 2.68. The number of pyridine rings is 1. The van der Waals surface area contributed by atoms with Gasteiger partial charge in [-0.1, -0.05) is 23.4 Å². The van der Waals surface area contributed by atoms with E-state index in [0.717, 1.165) is 0 Å². The van der Waals surface area contributed by atoms with E-state index in [2.05, 4.69) is 15.3 Å². The van der Waals surface area contributed by atoms with Crippen LogP contribution in [0.5, 0.6) is 0 Å². The Kier molecular flexibility index (Phi) is 5.93. The van der Waals surface area contributed by atoms with Crippen LogP contribution in [-0.2, 0) is 5.54 Å². The number of thioether (sulfide) groups is 1. The van der Waals surface area contributed by atoms with Crippen molar-refractivity contribution in [3.05, 3.63) is 58.6 Å². The van der Waals surface area contributed by atoms with Gasteiger partial charge in [-0.05, 0) is 49.6 Å². The van der Waals surface area contributed by atoms with Gasteiger partial charge in [-0.2, -0.15) is 0 Å². The number of carbonyl (C=O) groups excluding carboxylic acids is 1. The summed E-state index contributed by atoms with van der Waals surface area (Å²) in [6, 6.07) is 6.99. The molecule has 1 aliphatic heterocycles. The number of rotatable bonds is 7. The van der Waals surface area contributed by atoms with Gasteiger partial charge in [0.2, 0.25) is 0 Å². The maximum atomic E-state index is 14.9. The summed E-state index contributed by atoms with van der Waals surface area (Å²) < 4.78 is 29.1. The molecule has 1 saturated carbocycles. The van der Waals surface area contributed by atoms with E-state index in [1.165, 1.54) is 48.3 Å². The number of hydrogen-bond donors (Lipinski definition) is 3. The van der Waals surface area contributed by atoms with Gasteiger partial charge >= 0.3 is 0 Å². The van der Waals surface area contributed by atoms with Crippen LogP contribution in [0.2, 0.25) is 5.02 Å². The van der Waals surface area contributed by atoms with Gasteiger partial charge in [0.15, 0.2) is 5.17 Å². The molecule has 2 aliphatic rings. The Bertz CT molecular complexity index is 1040. The lowest BCUT2D eigenvalue weighted by molar-refractivity contribution is 0.102. The number of fused-ring (bicyclic) bond motifs is 1. The topological polar surface area (TPSA) is 101 Å². The van der Waals surface area contributed by atoms with Gasteiger partial charge in [0, 0.05) is 34.7 Å². The Hall–Kier alpha value is -2.23. The van der Waals surface area contributed by atoms with E-state index in [0.29, 0.717) is 30.0 Å². The van der Waals surface area contributed by atoms with Gasteiger partial charge in [-0.15, -0.1) is 0 Å². The first kappa shape index (κ1) is 22.0. The van der Waals surface area contributed by atoms with Crippen LogP contribution >= 0.6 is 23.4 Å². The number of nitrogens with one attached hydrogen (secondary N) is 1. The van der Waals surface area contributed by atoms with Crippen LogP contribution in [0.1, 0.15) is 35.3 Å². The Morgan fingerprint density at radius 2 is 2.19 bits per heavy atom. The number of carbonyl (C=O) groups is 1. The van der Waals surface area contributed by atoms with Crippen molar-refractivity contribution in [1.29, 1.82) is 0 Å². The number of halogens is 3. The molecule has 4 rings (SSSR count). The molecule has 2 aromatic rings. The molecule has 0 spiro atoms. The van der Waals surface area contributed by atoms with Crippen LogP contribution in [-0.4, -0.2) is 39.2 Å². The molecular formula is C21H21ClF2N4O2S. The van der Waals surface area contributed by atoms with Crippen molar-refractivity contribution in [2.75, 3.05) is 18.6 Å². The van der Waals surface area contributed by atoms with Crippen LogP contribution in [0.25, 0.3) is 0 Å². The normalized spacial score (nSPS) is 26.7. The molecule has 4 N–H and O–H groups in total. The predicted octanol–water partition coefficient (Wildman–Crippen LogP) is 3.88. The lowest BCUT2D eigenvalue weighted by atomic mass is 9.84. The molecule has 0 radical (unpaired) electrons. The minimum Gasteiger partial charge on any atom is -0.396 e. The van der Waals surface area contributed by atoms with Gasteiger partial charge in [0.25, 0.3) is 5.91 Å². The van der Waals surface area contributed by atoms with Crippen molar-refractivity contribution in [3.8, 4) is 0 Å². The molecule has 0 saturated heterocycles. The van der Waals surface area contributed by atoms with Crippen molar-refractivity contribution >= 4 is 40.1 Å². The van der Waals surface area contributed by atoms with Gasteiger partial charge in [0.1, 0.15) is 23.7 Å². The molecule has 1 aliphatic carbocycles. The van der Waals surface area contributed by atoms with Gasteiger partial charge in [-0.25, -0.2) is 18.8 Å². The van der Waals surface area contributed by atoms with E-state index in [-0.39, 0.29) is 33.7 Å². The Balaban J connectivity index is 1.66. The van der Waals surface area contributed by atoms with Crippen LogP contribution in [0, 0.1) is 11.7 Å². The van der Waals surface area contributed by atoms with Gasteiger partial charge in [-0.3, -0.25) is 4.79 Å². The number of amides is 1. The Labute approximate surface area is 187 Å². The number of nitrogens with two attached hydrogens (primary N) is 1. The maximum absolute atomic E-state index is 14.9. The third-order valence-electron chi connectivity index (χ3n) is 5.83. The largest absolute Gasteiger partial charge is 0.396 e. The summed E-state index contributed by atoms with van der Waals surface area (Å²) in [6.45, 7) is -0.907. The smallest absolute Gasteiger partial charge is 0.274 e. The number of anilines is 1. The monoisotopic (exact) mass is 466 g/mol. The zero-order valence-electron chi connectivity index (χ0n) is 16.4. The van der Waals surface area contributed by atoms with Crippen molar-refractivity contribution in [3.63, 3.8) is 0 Å². The molecule has 164 valence electrons. The molecule has 6 nitrogen and oxygen atoms in total.